The van der Waals surface area contributed by atoms with E-state index in [-0.39, 0.29) is 0 Å². The van der Waals surface area contributed by atoms with Crippen molar-refractivity contribution < 1.29 is 0 Å². The smallest absolute Gasteiger partial charge is 0.154 e. The van der Waals surface area contributed by atoms with Crippen LogP contribution in [-0.2, 0) is 0 Å². The molecule has 2 fully saturated rings. The molecule has 7 aromatic heterocycles. The van der Waals surface area contributed by atoms with Crippen LogP contribution in [0.2, 0.25) is 5.15 Å². The van der Waals surface area contributed by atoms with E-state index in [1.807, 2.05) is 64.5 Å². The summed E-state index contributed by atoms with van der Waals surface area (Å²) in [5, 5.41) is 20.8. The van der Waals surface area contributed by atoms with E-state index in [0.29, 0.717) is 29.0 Å². The molecule has 0 aliphatic heterocycles. The maximum atomic E-state index is 5.92. The molecule has 9 rings (SSSR count). The standard InChI is InChI=1S/C21H21N7.C14H11ClN4/c1-13(2)14-8-21(27-23-10-14)26-20-6-5-18-19(25-20)7-15(9-22-18)16-11-24-28(12-16)17-3-4-17;15-14-4-3-12-13(18-14)5-9(6-16-12)10-7-17-19(8-10)11-1-2-11/h5-13,17H,3-4H2,1-2H3,(H,25,26,27);3-8,11H,1-2H2. The number of halogens is 1. The van der Waals surface area contributed by atoms with Crippen molar-refractivity contribution in [2.75, 3.05) is 5.32 Å². The zero-order valence-electron chi connectivity index (χ0n) is 26.0. The summed E-state index contributed by atoms with van der Waals surface area (Å²) in [6.07, 6.45) is 18.4. The van der Waals surface area contributed by atoms with Crippen LogP contribution < -0.4 is 5.32 Å². The highest BCUT2D eigenvalue weighted by molar-refractivity contribution is 6.29. The number of nitrogens with zero attached hydrogens (tertiary/aromatic N) is 10. The van der Waals surface area contributed by atoms with Crippen molar-refractivity contribution in [3.63, 3.8) is 0 Å². The number of hydrogen-bond acceptors (Lipinski definition) is 9. The third-order valence-electron chi connectivity index (χ3n) is 8.35. The quantitative estimate of drug-likeness (QED) is 0.172. The van der Waals surface area contributed by atoms with E-state index in [1.54, 1.807) is 12.3 Å². The lowest BCUT2D eigenvalue weighted by Gasteiger charge is -2.09. The van der Waals surface area contributed by atoms with Crippen LogP contribution in [0, 0.1) is 0 Å². The van der Waals surface area contributed by atoms with Gasteiger partial charge in [0, 0.05) is 47.0 Å². The Morgan fingerprint density at radius 1 is 0.660 bits per heavy atom. The predicted octanol–water partition coefficient (Wildman–Crippen LogP) is 7.97. The van der Waals surface area contributed by atoms with Crippen LogP contribution in [0.25, 0.3) is 44.3 Å². The second-order valence-electron chi connectivity index (χ2n) is 12.4. The lowest BCUT2D eigenvalue weighted by Crippen LogP contribution is -2.00. The third-order valence-corrected chi connectivity index (χ3v) is 8.56. The van der Waals surface area contributed by atoms with E-state index >= 15 is 0 Å². The Morgan fingerprint density at radius 2 is 1.26 bits per heavy atom. The Bertz CT molecular complexity index is 2220. The average molecular weight is 642 g/mol. The van der Waals surface area contributed by atoms with E-state index < -0.39 is 0 Å². The second kappa shape index (κ2) is 12.1. The van der Waals surface area contributed by atoms with Gasteiger partial charge >= 0.3 is 0 Å². The molecule has 7 aromatic rings. The van der Waals surface area contributed by atoms with Gasteiger partial charge in [-0.15, -0.1) is 5.10 Å². The molecule has 0 amide bonds. The van der Waals surface area contributed by atoms with Crippen LogP contribution in [0.4, 0.5) is 11.6 Å². The van der Waals surface area contributed by atoms with Gasteiger partial charge in [0.15, 0.2) is 5.82 Å². The number of hydrogen-bond donors (Lipinski definition) is 1. The van der Waals surface area contributed by atoms with Crippen LogP contribution in [0.3, 0.4) is 0 Å². The number of aromatic nitrogens is 10. The Hall–Kier alpha value is -5.29. The molecule has 0 spiro atoms. The molecule has 0 saturated heterocycles. The fourth-order valence-electron chi connectivity index (χ4n) is 5.32. The van der Waals surface area contributed by atoms with Crippen LogP contribution >= 0.6 is 11.6 Å². The molecule has 2 saturated carbocycles. The highest BCUT2D eigenvalue weighted by Gasteiger charge is 2.25. The van der Waals surface area contributed by atoms with E-state index in [0.717, 1.165) is 55.7 Å². The van der Waals surface area contributed by atoms with Crippen molar-refractivity contribution in [2.45, 2.75) is 57.5 Å². The number of fused-ring (bicyclic) bond motifs is 2. The molecule has 2 aliphatic carbocycles. The molecular weight excluding hydrogens is 610 g/mol. The molecular formula is C35H32ClN11. The zero-order valence-corrected chi connectivity index (χ0v) is 26.7. The van der Waals surface area contributed by atoms with Gasteiger partial charge in [-0.05, 0) is 79.6 Å². The summed E-state index contributed by atoms with van der Waals surface area (Å²) >= 11 is 5.92. The monoisotopic (exact) mass is 641 g/mol. The summed E-state index contributed by atoms with van der Waals surface area (Å²) in [5.41, 5.74) is 8.65. The first-order valence-electron chi connectivity index (χ1n) is 15.8. The van der Waals surface area contributed by atoms with Crippen LogP contribution in [0.1, 0.15) is 63.1 Å². The third kappa shape index (κ3) is 6.52. The van der Waals surface area contributed by atoms with Gasteiger partial charge in [0.1, 0.15) is 11.0 Å². The highest BCUT2D eigenvalue weighted by atomic mass is 35.5. The first-order valence-corrected chi connectivity index (χ1v) is 16.2. The molecule has 234 valence electrons. The van der Waals surface area contributed by atoms with Crippen LogP contribution in [-0.4, -0.2) is 49.7 Å². The van der Waals surface area contributed by atoms with Gasteiger partial charge in [0.25, 0.3) is 0 Å². The number of pyridine rings is 4. The van der Waals surface area contributed by atoms with E-state index in [1.165, 1.54) is 25.7 Å². The summed E-state index contributed by atoms with van der Waals surface area (Å²) in [6, 6.07) is 14.7. The Balaban J connectivity index is 0.000000148. The summed E-state index contributed by atoms with van der Waals surface area (Å²) in [7, 11) is 0. The number of rotatable bonds is 7. The van der Waals surface area contributed by atoms with Gasteiger partial charge < -0.3 is 5.32 Å². The SMILES string of the molecule is CC(C)c1cnnc(Nc2ccc3ncc(-c4cnn(C5CC5)c4)cc3n2)c1.Clc1ccc2ncc(-c3cnn(C4CC4)c3)cc2n1. The fourth-order valence-corrected chi connectivity index (χ4v) is 5.47. The fraction of sp³-hybridized carbons (Fsp3) is 0.257. The molecule has 11 nitrogen and oxygen atoms in total. The van der Waals surface area contributed by atoms with Gasteiger partial charge in [0.05, 0.1) is 52.7 Å². The lowest BCUT2D eigenvalue weighted by molar-refractivity contribution is 0.642. The lowest BCUT2D eigenvalue weighted by atomic mass is 10.1. The molecule has 7 heterocycles. The van der Waals surface area contributed by atoms with Crippen LogP contribution in [0.5, 0.6) is 0 Å². The maximum absolute atomic E-state index is 5.92. The normalized spacial score (nSPS) is 14.4. The van der Waals surface area contributed by atoms with Crippen molar-refractivity contribution in [1.82, 2.24) is 49.7 Å². The average Bonchev–Trinajstić information content (AvgIpc) is 4.02. The minimum atomic E-state index is 0.393. The van der Waals surface area contributed by atoms with E-state index in [2.05, 4.69) is 73.0 Å². The Morgan fingerprint density at radius 3 is 1.85 bits per heavy atom. The minimum absolute atomic E-state index is 0.393. The summed E-state index contributed by atoms with van der Waals surface area (Å²) in [6.45, 7) is 4.27. The Labute approximate surface area is 276 Å². The predicted molar refractivity (Wildman–Crippen MR) is 182 cm³/mol. The summed E-state index contributed by atoms with van der Waals surface area (Å²) in [4.78, 5) is 18.0. The zero-order chi connectivity index (χ0) is 31.9. The number of anilines is 2. The van der Waals surface area contributed by atoms with Crippen molar-refractivity contribution >= 4 is 45.3 Å². The van der Waals surface area contributed by atoms with Gasteiger partial charge in [-0.1, -0.05) is 25.4 Å². The minimum Gasteiger partial charge on any atom is -0.323 e. The molecule has 47 heavy (non-hydrogen) atoms. The molecule has 0 bridgehead atoms. The van der Waals surface area contributed by atoms with Crippen LogP contribution in [0.15, 0.2) is 85.8 Å². The molecule has 12 heteroatoms. The van der Waals surface area contributed by atoms with Gasteiger partial charge in [0.2, 0.25) is 0 Å². The van der Waals surface area contributed by atoms with Gasteiger partial charge in [-0.25, -0.2) is 9.97 Å². The summed E-state index contributed by atoms with van der Waals surface area (Å²) < 4.78 is 4.08. The molecule has 0 atom stereocenters. The van der Waals surface area contributed by atoms with Crippen molar-refractivity contribution in [3.05, 3.63) is 96.6 Å². The van der Waals surface area contributed by atoms with Crippen molar-refractivity contribution in [2.24, 2.45) is 0 Å². The molecule has 2 aliphatic rings. The second-order valence-corrected chi connectivity index (χ2v) is 12.8. The molecule has 0 aromatic carbocycles. The topological polar surface area (TPSA) is 125 Å². The first-order chi connectivity index (χ1) is 22.9. The van der Waals surface area contributed by atoms with Crippen molar-refractivity contribution in [3.8, 4) is 22.3 Å². The molecule has 0 radical (unpaired) electrons. The molecule has 1 N–H and O–H groups in total. The highest BCUT2D eigenvalue weighted by Crippen LogP contribution is 2.36. The van der Waals surface area contributed by atoms with Gasteiger partial charge in [-0.3, -0.25) is 19.3 Å². The van der Waals surface area contributed by atoms with E-state index in [4.69, 9.17) is 16.6 Å². The van der Waals surface area contributed by atoms with Gasteiger partial charge in [-0.2, -0.15) is 15.3 Å². The molecule has 0 unspecified atom stereocenters. The summed E-state index contributed by atoms with van der Waals surface area (Å²) in [5.74, 6) is 1.80. The largest absolute Gasteiger partial charge is 0.323 e. The number of nitrogens with one attached hydrogen (secondary N) is 1. The Kier molecular flexibility index (Phi) is 7.53. The maximum Gasteiger partial charge on any atom is 0.154 e. The van der Waals surface area contributed by atoms with E-state index in [9.17, 15) is 0 Å². The first kappa shape index (κ1) is 29.1. The van der Waals surface area contributed by atoms with Crippen molar-refractivity contribution in [1.29, 1.82) is 0 Å².